The van der Waals surface area contributed by atoms with Gasteiger partial charge in [-0.1, -0.05) is 37.3 Å². The lowest BCUT2D eigenvalue weighted by atomic mass is 9.87. The van der Waals surface area contributed by atoms with E-state index < -0.39 is 5.60 Å². The van der Waals surface area contributed by atoms with Gasteiger partial charge in [-0.2, -0.15) is 0 Å². The molecule has 1 aliphatic carbocycles. The molecular weight excluding hydrogens is 234 g/mol. The standard InChI is InChI=1S/C17H19NO/c1-2-12-4-3-5-14(10-12)17(19)9-8-13-11-15(18)6-7-16(13)17/h3-7,10-11,19H,2,8-9,18H2,1H3. The molecule has 3 rings (SSSR count). The van der Waals surface area contributed by atoms with Crippen LogP contribution < -0.4 is 5.73 Å². The van der Waals surface area contributed by atoms with Gasteiger partial charge in [-0.05, 0) is 53.6 Å². The van der Waals surface area contributed by atoms with Crippen molar-refractivity contribution in [3.63, 3.8) is 0 Å². The Labute approximate surface area is 113 Å². The second-order valence-corrected chi connectivity index (χ2v) is 5.33. The molecule has 1 aliphatic rings. The topological polar surface area (TPSA) is 46.2 Å². The van der Waals surface area contributed by atoms with Crippen LogP contribution in [0.5, 0.6) is 0 Å². The highest BCUT2D eigenvalue weighted by atomic mass is 16.3. The third-order valence-corrected chi connectivity index (χ3v) is 4.14. The molecule has 2 nitrogen and oxygen atoms in total. The predicted octanol–water partition coefficient (Wildman–Crippen LogP) is 3.01. The second-order valence-electron chi connectivity index (χ2n) is 5.33. The fourth-order valence-electron chi connectivity index (χ4n) is 3.02. The van der Waals surface area contributed by atoms with E-state index >= 15 is 0 Å². The molecule has 1 atom stereocenters. The minimum Gasteiger partial charge on any atom is -0.399 e. The van der Waals surface area contributed by atoms with Crippen LogP contribution in [0, 0.1) is 0 Å². The molecule has 3 N–H and O–H groups in total. The Morgan fingerprint density at radius 3 is 2.84 bits per heavy atom. The summed E-state index contributed by atoms with van der Waals surface area (Å²) in [6, 6.07) is 14.1. The van der Waals surface area contributed by atoms with Crippen LogP contribution in [0.1, 0.15) is 35.6 Å². The maximum absolute atomic E-state index is 11.1. The number of fused-ring (bicyclic) bond motifs is 1. The highest BCUT2D eigenvalue weighted by molar-refractivity contribution is 5.52. The van der Waals surface area contributed by atoms with Gasteiger partial charge in [0.25, 0.3) is 0 Å². The van der Waals surface area contributed by atoms with Crippen LogP contribution in [0.15, 0.2) is 42.5 Å². The number of nitrogen functional groups attached to an aromatic ring is 1. The van der Waals surface area contributed by atoms with E-state index in [1.165, 1.54) is 11.1 Å². The van der Waals surface area contributed by atoms with Crippen molar-refractivity contribution in [3.8, 4) is 0 Å². The normalized spacial score (nSPS) is 21.4. The number of aliphatic hydroxyl groups is 1. The summed E-state index contributed by atoms with van der Waals surface area (Å²) in [6.07, 6.45) is 2.60. The van der Waals surface area contributed by atoms with Crippen LogP contribution in [0.25, 0.3) is 0 Å². The van der Waals surface area contributed by atoms with Gasteiger partial charge in [0.1, 0.15) is 5.60 Å². The third-order valence-electron chi connectivity index (χ3n) is 4.14. The summed E-state index contributed by atoms with van der Waals surface area (Å²) in [4.78, 5) is 0. The lowest BCUT2D eigenvalue weighted by molar-refractivity contribution is 0.0829. The Morgan fingerprint density at radius 1 is 1.21 bits per heavy atom. The van der Waals surface area contributed by atoms with Gasteiger partial charge in [-0.3, -0.25) is 0 Å². The molecule has 1 unspecified atom stereocenters. The number of rotatable bonds is 2. The number of benzene rings is 2. The van der Waals surface area contributed by atoms with Gasteiger partial charge >= 0.3 is 0 Å². The Hall–Kier alpha value is -1.80. The Balaban J connectivity index is 2.10. The minimum absolute atomic E-state index is 0.735. The molecule has 0 radical (unpaired) electrons. The van der Waals surface area contributed by atoms with E-state index in [1.807, 2.05) is 30.3 Å². The molecule has 2 heteroatoms. The van der Waals surface area contributed by atoms with Crippen LogP contribution in [0.3, 0.4) is 0 Å². The highest BCUT2D eigenvalue weighted by Gasteiger charge is 2.38. The average Bonchev–Trinajstić information content (AvgIpc) is 2.77. The number of nitrogens with two attached hydrogens (primary N) is 1. The molecule has 0 saturated carbocycles. The van der Waals surface area contributed by atoms with Gasteiger partial charge in [0.05, 0.1) is 0 Å². The summed E-state index contributed by atoms with van der Waals surface area (Å²) in [7, 11) is 0. The van der Waals surface area contributed by atoms with Crippen LogP contribution >= 0.6 is 0 Å². The van der Waals surface area contributed by atoms with Crippen LogP contribution in [0.2, 0.25) is 0 Å². The Kier molecular flexibility index (Phi) is 2.83. The minimum atomic E-state index is -0.853. The van der Waals surface area contributed by atoms with Crippen molar-refractivity contribution in [3.05, 3.63) is 64.7 Å². The first-order valence-corrected chi connectivity index (χ1v) is 6.84. The van der Waals surface area contributed by atoms with Gasteiger partial charge in [0.2, 0.25) is 0 Å². The van der Waals surface area contributed by atoms with Gasteiger partial charge in [0, 0.05) is 5.69 Å². The summed E-state index contributed by atoms with van der Waals surface area (Å²) in [5.74, 6) is 0. The number of hydrogen-bond donors (Lipinski definition) is 2. The molecule has 0 aliphatic heterocycles. The maximum Gasteiger partial charge on any atom is 0.115 e. The van der Waals surface area contributed by atoms with Crippen LogP contribution in [-0.4, -0.2) is 5.11 Å². The maximum atomic E-state index is 11.1. The lowest BCUT2D eigenvalue weighted by Crippen LogP contribution is -2.24. The molecule has 0 heterocycles. The van der Waals surface area contributed by atoms with Crippen molar-refractivity contribution in [1.82, 2.24) is 0 Å². The van der Waals surface area contributed by atoms with Crippen LogP contribution in [-0.2, 0) is 18.4 Å². The third kappa shape index (κ3) is 1.92. The zero-order valence-corrected chi connectivity index (χ0v) is 11.2. The molecule has 2 aromatic rings. The van der Waals surface area contributed by atoms with E-state index in [-0.39, 0.29) is 0 Å². The van der Waals surface area contributed by atoms with E-state index in [0.29, 0.717) is 0 Å². The summed E-state index contributed by atoms with van der Waals surface area (Å²) >= 11 is 0. The molecule has 0 fully saturated rings. The van der Waals surface area contributed by atoms with Crippen molar-refractivity contribution in [2.45, 2.75) is 31.8 Å². The molecule has 0 aromatic heterocycles. The number of anilines is 1. The molecule has 98 valence electrons. The highest BCUT2D eigenvalue weighted by Crippen LogP contribution is 2.42. The van der Waals surface area contributed by atoms with E-state index in [2.05, 4.69) is 19.1 Å². The monoisotopic (exact) mass is 253 g/mol. The van der Waals surface area contributed by atoms with Gasteiger partial charge in [-0.25, -0.2) is 0 Å². The Bertz CT molecular complexity index is 620. The SMILES string of the molecule is CCc1cccc(C2(O)CCc3cc(N)ccc32)c1. The van der Waals surface area contributed by atoms with E-state index in [1.54, 1.807) is 0 Å². The summed E-state index contributed by atoms with van der Waals surface area (Å²) < 4.78 is 0. The largest absolute Gasteiger partial charge is 0.399 e. The van der Waals surface area contributed by atoms with Crippen molar-refractivity contribution in [2.24, 2.45) is 0 Å². The first kappa shape index (κ1) is 12.2. The molecule has 0 saturated heterocycles. The predicted molar refractivity (Wildman–Crippen MR) is 78.0 cm³/mol. The smallest absolute Gasteiger partial charge is 0.115 e. The van der Waals surface area contributed by atoms with Crippen LogP contribution in [0.4, 0.5) is 5.69 Å². The number of aryl methyl sites for hydroxylation is 2. The average molecular weight is 253 g/mol. The van der Waals surface area contributed by atoms with E-state index in [9.17, 15) is 5.11 Å². The summed E-state index contributed by atoms with van der Waals surface area (Å²) in [5.41, 5.74) is 10.2. The second kappa shape index (κ2) is 4.39. The van der Waals surface area contributed by atoms with Crippen molar-refractivity contribution < 1.29 is 5.11 Å². The molecule has 0 spiro atoms. The van der Waals surface area contributed by atoms with Crippen molar-refractivity contribution in [2.75, 3.05) is 5.73 Å². The molecule has 0 amide bonds. The fourth-order valence-corrected chi connectivity index (χ4v) is 3.02. The summed E-state index contributed by atoms with van der Waals surface area (Å²) in [5, 5.41) is 11.1. The molecular formula is C17H19NO. The van der Waals surface area contributed by atoms with Gasteiger partial charge in [-0.15, -0.1) is 0 Å². The van der Waals surface area contributed by atoms with E-state index in [4.69, 9.17) is 5.73 Å². The lowest BCUT2D eigenvalue weighted by Gasteiger charge is -2.25. The first-order chi connectivity index (χ1) is 9.13. The van der Waals surface area contributed by atoms with E-state index in [0.717, 1.165) is 36.1 Å². The quantitative estimate of drug-likeness (QED) is 0.808. The Morgan fingerprint density at radius 2 is 2.05 bits per heavy atom. The van der Waals surface area contributed by atoms with Gasteiger partial charge in [0.15, 0.2) is 0 Å². The zero-order chi connectivity index (χ0) is 13.5. The zero-order valence-electron chi connectivity index (χ0n) is 11.2. The van der Waals surface area contributed by atoms with Gasteiger partial charge < -0.3 is 10.8 Å². The molecule has 19 heavy (non-hydrogen) atoms. The summed E-state index contributed by atoms with van der Waals surface area (Å²) in [6.45, 7) is 2.13. The van der Waals surface area contributed by atoms with Crippen molar-refractivity contribution in [1.29, 1.82) is 0 Å². The first-order valence-electron chi connectivity index (χ1n) is 6.84. The molecule has 0 bridgehead atoms. The fraction of sp³-hybridized carbons (Fsp3) is 0.294. The van der Waals surface area contributed by atoms with Crippen molar-refractivity contribution >= 4 is 5.69 Å². The molecule has 2 aromatic carbocycles. The number of hydrogen-bond acceptors (Lipinski definition) is 2.